The lowest BCUT2D eigenvalue weighted by Gasteiger charge is -2.29. The summed E-state index contributed by atoms with van der Waals surface area (Å²) in [7, 11) is 1.55. The van der Waals surface area contributed by atoms with Gasteiger partial charge in [-0.3, -0.25) is 24.5 Å². The largest absolute Gasteiger partial charge is 0.493 e. The molecule has 216 valence electrons. The molecule has 3 aromatic rings. The molecule has 0 aliphatic carbocycles. The van der Waals surface area contributed by atoms with Gasteiger partial charge in [0.2, 0.25) is 18.4 Å². The number of carboxylic acids is 1. The van der Waals surface area contributed by atoms with Crippen molar-refractivity contribution in [2.75, 3.05) is 38.4 Å². The zero-order valence-electron chi connectivity index (χ0n) is 23.4. The number of aromatic nitrogens is 2. The Bertz CT molecular complexity index is 1340. The summed E-state index contributed by atoms with van der Waals surface area (Å²) in [4.78, 5) is 39.2. The van der Waals surface area contributed by atoms with Gasteiger partial charge in [0.1, 0.15) is 0 Å². The van der Waals surface area contributed by atoms with Gasteiger partial charge in [0.25, 0.3) is 0 Å². The molecule has 0 saturated carbocycles. The van der Waals surface area contributed by atoms with E-state index in [1.165, 1.54) is 0 Å². The maximum Gasteiger partial charge on any atom is 0.308 e. The van der Waals surface area contributed by atoms with Gasteiger partial charge in [-0.2, -0.15) is 0 Å². The topological polar surface area (TPSA) is 114 Å². The number of fused-ring (bicyclic) bond motifs is 1. The first kappa shape index (κ1) is 28.4. The van der Waals surface area contributed by atoms with Crippen molar-refractivity contribution in [3.63, 3.8) is 0 Å². The zero-order chi connectivity index (χ0) is 28.8. The van der Waals surface area contributed by atoms with Crippen LogP contribution in [0.15, 0.2) is 61.1 Å². The molecular weight excluding hydrogens is 524 g/mol. The average molecular weight is 561 g/mol. The Balaban J connectivity index is 1.47. The van der Waals surface area contributed by atoms with E-state index in [1.807, 2.05) is 47.4 Å². The van der Waals surface area contributed by atoms with E-state index in [0.29, 0.717) is 43.2 Å². The summed E-state index contributed by atoms with van der Waals surface area (Å²) < 4.78 is 16.8. The number of carbonyl (C=O) groups is 2. The van der Waals surface area contributed by atoms with Gasteiger partial charge in [0.15, 0.2) is 11.5 Å². The molecule has 41 heavy (non-hydrogen) atoms. The van der Waals surface area contributed by atoms with E-state index < -0.39 is 11.9 Å². The van der Waals surface area contributed by atoms with Crippen molar-refractivity contribution < 1.29 is 28.9 Å². The Morgan fingerprint density at radius 2 is 2.05 bits per heavy atom. The van der Waals surface area contributed by atoms with Crippen molar-refractivity contribution in [2.24, 2.45) is 5.92 Å². The van der Waals surface area contributed by atoms with Gasteiger partial charge in [0.05, 0.1) is 31.5 Å². The van der Waals surface area contributed by atoms with E-state index >= 15 is 0 Å². The van der Waals surface area contributed by atoms with E-state index in [1.54, 1.807) is 30.6 Å². The highest BCUT2D eigenvalue weighted by Gasteiger charge is 2.47. The number of aliphatic carboxylic acids is 1. The number of nitrogens with zero attached hydrogens (tertiary/aromatic N) is 4. The fourth-order valence-electron chi connectivity index (χ4n) is 5.88. The van der Waals surface area contributed by atoms with Crippen molar-refractivity contribution in [3.05, 3.63) is 72.3 Å². The average Bonchev–Trinajstić information content (AvgIpc) is 3.61. The Morgan fingerprint density at radius 1 is 1.17 bits per heavy atom. The molecule has 10 nitrogen and oxygen atoms in total. The third-order valence-corrected chi connectivity index (χ3v) is 7.90. The Kier molecular flexibility index (Phi) is 8.98. The van der Waals surface area contributed by atoms with Crippen LogP contribution in [0.25, 0.3) is 0 Å². The summed E-state index contributed by atoms with van der Waals surface area (Å²) in [5.74, 6) is -0.571. The minimum atomic E-state index is -0.900. The second-order valence-electron chi connectivity index (χ2n) is 10.4. The minimum absolute atomic E-state index is 0.0808. The van der Waals surface area contributed by atoms with Crippen LogP contribution < -0.4 is 19.1 Å². The molecule has 1 saturated heterocycles. The monoisotopic (exact) mass is 560 g/mol. The van der Waals surface area contributed by atoms with Crippen LogP contribution in [-0.2, 0) is 16.0 Å². The first-order valence-electron chi connectivity index (χ1n) is 14.0. The predicted octanol–water partition coefficient (Wildman–Crippen LogP) is 4.15. The van der Waals surface area contributed by atoms with Crippen LogP contribution in [0.3, 0.4) is 0 Å². The number of pyridine rings is 2. The van der Waals surface area contributed by atoms with Crippen molar-refractivity contribution in [2.45, 2.75) is 44.6 Å². The zero-order valence-corrected chi connectivity index (χ0v) is 23.4. The van der Waals surface area contributed by atoms with Gasteiger partial charge in [-0.25, -0.2) is 0 Å². The summed E-state index contributed by atoms with van der Waals surface area (Å²) in [5.41, 5.74) is 2.41. The molecule has 1 aromatic carbocycles. The molecule has 2 aromatic heterocycles. The van der Waals surface area contributed by atoms with E-state index in [-0.39, 0.29) is 31.2 Å². The number of ether oxygens (including phenoxy) is 3. The van der Waals surface area contributed by atoms with E-state index in [9.17, 15) is 14.7 Å². The van der Waals surface area contributed by atoms with Crippen molar-refractivity contribution in [1.29, 1.82) is 0 Å². The first-order valence-corrected chi connectivity index (χ1v) is 14.0. The smallest absolute Gasteiger partial charge is 0.308 e. The predicted molar refractivity (Wildman–Crippen MR) is 152 cm³/mol. The van der Waals surface area contributed by atoms with Crippen LogP contribution in [0.1, 0.15) is 43.4 Å². The van der Waals surface area contributed by atoms with Gasteiger partial charge in [-0.15, -0.1) is 0 Å². The summed E-state index contributed by atoms with van der Waals surface area (Å²) in [5, 5.41) is 10.6. The molecule has 4 heterocycles. The fourth-order valence-corrected chi connectivity index (χ4v) is 5.88. The van der Waals surface area contributed by atoms with Crippen LogP contribution in [-0.4, -0.2) is 71.4 Å². The quantitative estimate of drug-likeness (QED) is 0.349. The second kappa shape index (κ2) is 13.0. The van der Waals surface area contributed by atoms with Gasteiger partial charge >= 0.3 is 5.97 Å². The Hall–Kier alpha value is -4.18. The number of rotatable bonds is 12. The molecule has 5 rings (SSSR count). The molecule has 1 N–H and O–H groups in total. The number of benzene rings is 1. The van der Waals surface area contributed by atoms with Gasteiger partial charge in [0, 0.05) is 43.1 Å². The lowest BCUT2D eigenvalue weighted by molar-refractivity contribution is -0.143. The molecule has 0 radical (unpaired) electrons. The van der Waals surface area contributed by atoms with Crippen LogP contribution in [0.4, 0.5) is 5.69 Å². The number of aryl methyl sites for hydroxylation is 1. The van der Waals surface area contributed by atoms with Crippen molar-refractivity contribution in [3.8, 4) is 17.2 Å². The molecule has 1 unspecified atom stereocenters. The first-order chi connectivity index (χ1) is 20.0. The SMILES string of the molecule is CCCCN(C(=O)CN1C[C@H](c2cc(OC)c3c(c2)OCO3)C(C(=O)O)[C@@H]1CCc1ccccn1)c1cccnc1. The van der Waals surface area contributed by atoms with Gasteiger partial charge in [-0.05, 0) is 61.2 Å². The minimum Gasteiger partial charge on any atom is -0.493 e. The van der Waals surface area contributed by atoms with Crippen molar-refractivity contribution >= 4 is 17.6 Å². The number of hydrogen-bond donors (Lipinski definition) is 1. The molecule has 2 aliphatic heterocycles. The number of hydrogen-bond acceptors (Lipinski definition) is 8. The lowest BCUT2D eigenvalue weighted by Crippen LogP contribution is -2.44. The van der Waals surface area contributed by atoms with Crippen LogP contribution in [0, 0.1) is 5.92 Å². The highest BCUT2D eigenvalue weighted by Crippen LogP contribution is 2.47. The molecule has 2 aliphatic rings. The number of amides is 1. The molecule has 3 atom stereocenters. The summed E-state index contributed by atoms with van der Waals surface area (Å²) >= 11 is 0. The maximum absolute atomic E-state index is 13.8. The standard InChI is InChI=1S/C31H36N4O6/c1-3-4-14-35(23-9-7-12-32-17-23)28(36)19-34-18-24(21-15-26(39-2)30-27(16-21)40-20-41-30)29(31(37)38)25(34)11-10-22-8-5-6-13-33-22/h5-9,12-13,15-17,24-25,29H,3-4,10-11,14,18-20H2,1-2H3,(H,37,38)/t24-,25+,29?/m1/s1. The van der Waals surface area contributed by atoms with Crippen LogP contribution in [0.5, 0.6) is 17.2 Å². The highest BCUT2D eigenvalue weighted by atomic mass is 16.7. The van der Waals surface area contributed by atoms with Gasteiger partial charge < -0.3 is 24.2 Å². The fraction of sp³-hybridized carbons (Fsp3) is 0.419. The normalized spacial score (nSPS) is 19.7. The highest BCUT2D eigenvalue weighted by molar-refractivity contribution is 5.94. The molecule has 0 bridgehead atoms. The number of anilines is 1. The van der Waals surface area contributed by atoms with Crippen molar-refractivity contribution in [1.82, 2.24) is 14.9 Å². The molecule has 1 fully saturated rings. The third-order valence-electron chi connectivity index (χ3n) is 7.90. The summed E-state index contributed by atoms with van der Waals surface area (Å²) in [6, 6.07) is 12.7. The second-order valence-corrected chi connectivity index (χ2v) is 10.4. The molecule has 0 spiro atoms. The number of methoxy groups -OCH3 is 1. The van der Waals surface area contributed by atoms with Crippen LogP contribution in [0.2, 0.25) is 0 Å². The van der Waals surface area contributed by atoms with E-state index in [4.69, 9.17) is 14.2 Å². The number of carbonyl (C=O) groups excluding carboxylic acids is 1. The molecular formula is C31H36N4O6. The Labute approximate surface area is 239 Å². The van der Waals surface area contributed by atoms with E-state index in [0.717, 1.165) is 29.8 Å². The number of unbranched alkanes of at least 4 members (excludes halogenated alkanes) is 1. The summed E-state index contributed by atoms with van der Waals surface area (Å²) in [6.45, 7) is 3.22. The third kappa shape index (κ3) is 6.27. The lowest BCUT2D eigenvalue weighted by atomic mass is 9.83. The Morgan fingerprint density at radius 3 is 2.76 bits per heavy atom. The van der Waals surface area contributed by atoms with Crippen LogP contribution >= 0.6 is 0 Å². The number of likely N-dealkylation sites (tertiary alicyclic amines) is 1. The van der Waals surface area contributed by atoms with E-state index in [2.05, 4.69) is 16.9 Å². The molecule has 10 heteroatoms. The summed E-state index contributed by atoms with van der Waals surface area (Å²) in [6.07, 6.45) is 8.04. The maximum atomic E-state index is 13.8. The number of carboxylic acid groups (broad SMARTS) is 1. The molecule has 1 amide bonds. The van der Waals surface area contributed by atoms with Gasteiger partial charge in [-0.1, -0.05) is 19.4 Å².